The second kappa shape index (κ2) is 5.08. The van der Waals surface area contributed by atoms with Crippen molar-refractivity contribution in [1.29, 1.82) is 0 Å². The minimum Gasteiger partial charge on any atom is -0.494 e. The molecule has 0 aromatic heterocycles. The number of ether oxygens (including phenoxy) is 1. The van der Waals surface area contributed by atoms with Gasteiger partial charge in [-0.25, -0.2) is 0 Å². The van der Waals surface area contributed by atoms with E-state index < -0.39 is 0 Å². The third-order valence-corrected chi connectivity index (χ3v) is 2.12. The summed E-state index contributed by atoms with van der Waals surface area (Å²) in [4.78, 5) is 0. The van der Waals surface area contributed by atoms with E-state index in [-0.39, 0.29) is 0 Å². The summed E-state index contributed by atoms with van der Waals surface area (Å²) in [6, 6.07) is 3.71. The number of halogens is 1. The Hall–Kier alpha value is -0.930. The van der Waals surface area contributed by atoms with Gasteiger partial charge in [-0.1, -0.05) is 11.6 Å². The Labute approximate surface area is 89.2 Å². The van der Waals surface area contributed by atoms with Gasteiger partial charge in [0.2, 0.25) is 0 Å². The largest absolute Gasteiger partial charge is 0.494 e. The molecule has 0 radical (unpaired) electrons. The van der Waals surface area contributed by atoms with Crippen LogP contribution in [0.4, 0.5) is 5.69 Å². The van der Waals surface area contributed by atoms with Gasteiger partial charge in [0, 0.05) is 18.1 Å². The van der Waals surface area contributed by atoms with E-state index in [0.29, 0.717) is 18.1 Å². The van der Waals surface area contributed by atoms with Gasteiger partial charge in [0.15, 0.2) is 0 Å². The van der Waals surface area contributed by atoms with Crippen molar-refractivity contribution in [3.63, 3.8) is 0 Å². The standard InChI is InChI=1S/C10H15ClN2O/c1-7-5-8(11)6-9(10(7)14-2)13-4-3-12/h5-6,13H,3-4,12H2,1-2H3. The predicted octanol–water partition coefficient (Wildman–Crippen LogP) is 2.03. The second-order valence-corrected chi connectivity index (χ2v) is 3.46. The summed E-state index contributed by atoms with van der Waals surface area (Å²) in [5, 5.41) is 3.86. The molecule has 4 heteroatoms. The molecule has 0 aliphatic heterocycles. The molecule has 0 aliphatic carbocycles. The first-order valence-electron chi connectivity index (χ1n) is 4.47. The van der Waals surface area contributed by atoms with Crippen LogP contribution < -0.4 is 15.8 Å². The van der Waals surface area contributed by atoms with Crippen molar-refractivity contribution in [2.24, 2.45) is 5.73 Å². The van der Waals surface area contributed by atoms with E-state index in [4.69, 9.17) is 22.1 Å². The van der Waals surface area contributed by atoms with Gasteiger partial charge in [-0.15, -0.1) is 0 Å². The molecule has 0 saturated carbocycles. The van der Waals surface area contributed by atoms with Gasteiger partial charge < -0.3 is 15.8 Å². The summed E-state index contributed by atoms with van der Waals surface area (Å²) in [7, 11) is 1.64. The fourth-order valence-corrected chi connectivity index (χ4v) is 1.61. The van der Waals surface area contributed by atoms with Crippen LogP contribution in [0.2, 0.25) is 5.02 Å². The van der Waals surface area contributed by atoms with Crippen LogP contribution in [0.15, 0.2) is 12.1 Å². The number of benzene rings is 1. The zero-order valence-corrected chi connectivity index (χ0v) is 9.19. The lowest BCUT2D eigenvalue weighted by molar-refractivity contribution is 0.413. The topological polar surface area (TPSA) is 47.3 Å². The quantitative estimate of drug-likeness (QED) is 0.807. The molecule has 0 fully saturated rings. The highest BCUT2D eigenvalue weighted by Gasteiger charge is 2.06. The monoisotopic (exact) mass is 214 g/mol. The van der Waals surface area contributed by atoms with Crippen molar-refractivity contribution < 1.29 is 4.74 Å². The van der Waals surface area contributed by atoms with Crippen molar-refractivity contribution in [3.05, 3.63) is 22.7 Å². The number of nitrogens with two attached hydrogens (primary N) is 1. The zero-order chi connectivity index (χ0) is 10.6. The van der Waals surface area contributed by atoms with Crippen LogP contribution in [0.3, 0.4) is 0 Å². The van der Waals surface area contributed by atoms with Crippen LogP contribution in [-0.2, 0) is 0 Å². The number of hydrogen-bond donors (Lipinski definition) is 2. The summed E-state index contributed by atoms with van der Waals surface area (Å²) >= 11 is 5.93. The molecule has 3 nitrogen and oxygen atoms in total. The normalized spacial score (nSPS) is 10.0. The maximum absolute atomic E-state index is 5.93. The summed E-state index contributed by atoms with van der Waals surface area (Å²) in [6.07, 6.45) is 0. The van der Waals surface area contributed by atoms with Crippen LogP contribution in [0.5, 0.6) is 5.75 Å². The summed E-state index contributed by atoms with van der Waals surface area (Å²) in [6.45, 7) is 3.24. The van der Waals surface area contributed by atoms with Crippen molar-refractivity contribution >= 4 is 17.3 Å². The van der Waals surface area contributed by atoms with Crippen LogP contribution in [0, 0.1) is 6.92 Å². The van der Waals surface area contributed by atoms with Crippen molar-refractivity contribution in [2.75, 3.05) is 25.5 Å². The highest BCUT2D eigenvalue weighted by molar-refractivity contribution is 6.31. The Bertz CT molecular complexity index is 315. The van der Waals surface area contributed by atoms with Crippen molar-refractivity contribution in [3.8, 4) is 5.75 Å². The number of methoxy groups -OCH3 is 1. The number of nitrogens with one attached hydrogen (secondary N) is 1. The van der Waals surface area contributed by atoms with Gasteiger partial charge in [-0.2, -0.15) is 0 Å². The van der Waals surface area contributed by atoms with E-state index in [1.54, 1.807) is 7.11 Å². The fourth-order valence-electron chi connectivity index (χ4n) is 1.34. The van der Waals surface area contributed by atoms with Crippen LogP contribution in [0.1, 0.15) is 5.56 Å². The van der Waals surface area contributed by atoms with Crippen LogP contribution in [-0.4, -0.2) is 20.2 Å². The Kier molecular flexibility index (Phi) is 4.04. The molecule has 0 atom stereocenters. The predicted molar refractivity (Wildman–Crippen MR) is 60.3 cm³/mol. The molecule has 0 aliphatic rings. The molecule has 0 amide bonds. The Morgan fingerprint density at radius 2 is 2.21 bits per heavy atom. The third-order valence-electron chi connectivity index (χ3n) is 1.90. The number of aryl methyl sites for hydroxylation is 1. The molecular weight excluding hydrogens is 200 g/mol. The lowest BCUT2D eigenvalue weighted by Crippen LogP contribution is -2.13. The maximum atomic E-state index is 5.93. The van der Waals surface area contributed by atoms with Crippen molar-refractivity contribution in [1.82, 2.24) is 0 Å². The number of hydrogen-bond acceptors (Lipinski definition) is 3. The Morgan fingerprint density at radius 1 is 1.50 bits per heavy atom. The molecule has 14 heavy (non-hydrogen) atoms. The van der Waals surface area contributed by atoms with E-state index >= 15 is 0 Å². The molecule has 0 bridgehead atoms. The molecule has 1 rings (SSSR count). The third kappa shape index (κ3) is 2.53. The summed E-state index contributed by atoms with van der Waals surface area (Å²) in [5.41, 5.74) is 7.31. The molecule has 0 spiro atoms. The molecular formula is C10H15ClN2O. The molecule has 3 N–H and O–H groups in total. The van der Waals surface area contributed by atoms with E-state index in [1.165, 1.54) is 0 Å². The van der Waals surface area contributed by atoms with Crippen molar-refractivity contribution in [2.45, 2.75) is 6.92 Å². The highest BCUT2D eigenvalue weighted by atomic mass is 35.5. The molecule has 0 unspecified atom stereocenters. The molecule has 1 aromatic carbocycles. The lowest BCUT2D eigenvalue weighted by Gasteiger charge is -2.13. The smallest absolute Gasteiger partial charge is 0.144 e. The van der Waals surface area contributed by atoms with Crippen LogP contribution in [0.25, 0.3) is 0 Å². The molecule has 78 valence electrons. The van der Waals surface area contributed by atoms with Crippen LogP contribution >= 0.6 is 11.6 Å². The SMILES string of the molecule is COc1c(C)cc(Cl)cc1NCCN. The molecule has 1 aromatic rings. The maximum Gasteiger partial charge on any atom is 0.144 e. The first-order chi connectivity index (χ1) is 6.69. The Balaban J connectivity index is 2.99. The highest BCUT2D eigenvalue weighted by Crippen LogP contribution is 2.31. The zero-order valence-electron chi connectivity index (χ0n) is 8.43. The number of anilines is 1. The minimum atomic E-state index is 0.578. The van der Waals surface area contributed by atoms with E-state index in [1.807, 2.05) is 19.1 Å². The molecule has 0 heterocycles. The first kappa shape index (κ1) is 11.1. The van der Waals surface area contributed by atoms with Gasteiger partial charge in [0.05, 0.1) is 12.8 Å². The van der Waals surface area contributed by atoms with Gasteiger partial charge in [0.1, 0.15) is 5.75 Å². The van der Waals surface area contributed by atoms with E-state index in [0.717, 1.165) is 17.0 Å². The summed E-state index contributed by atoms with van der Waals surface area (Å²) in [5.74, 6) is 0.822. The molecule has 0 saturated heterocycles. The second-order valence-electron chi connectivity index (χ2n) is 3.02. The van der Waals surface area contributed by atoms with Gasteiger partial charge in [-0.3, -0.25) is 0 Å². The summed E-state index contributed by atoms with van der Waals surface area (Å²) < 4.78 is 5.27. The lowest BCUT2D eigenvalue weighted by atomic mass is 10.2. The minimum absolute atomic E-state index is 0.578. The van der Waals surface area contributed by atoms with Gasteiger partial charge in [-0.05, 0) is 24.6 Å². The number of rotatable bonds is 4. The average molecular weight is 215 g/mol. The Morgan fingerprint density at radius 3 is 2.79 bits per heavy atom. The first-order valence-corrected chi connectivity index (χ1v) is 4.85. The van der Waals surface area contributed by atoms with E-state index in [2.05, 4.69) is 5.32 Å². The fraction of sp³-hybridized carbons (Fsp3) is 0.400. The van der Waals surface area contributed by atoms with E-state index in [9.17, 15) is 0 Å². The van der Waals surface area contributed by atoms with Gasteiger partial charge >= 0.3 is 0 Å². The van der Waals surface area contributed by atoms with Gasteiger partial charge in [0.25, 0.3) is 0 Å². The average Bonchev–Trinajstić information content (AvgIpc) is 2.14.